The first-order chi connectivity index (χ1) is 6.68. The van der Waals surface area contributed by atoms with Crippen LogP contribution in [0, 0.1) is 0 Å². The number of phenolic OH excluding ortho intramolecular Hbond substituents is 1. The minimum atomic E-state index is 0.0606. The van der Waals surface area contributed by atoms with Crippen molar-refractivity contribution in [1.29, 1.82) is 0 Å². The van der Waals surface area contributed by atoms with Gasteiger partial charge in [-0.1, -0.05) is 0 Å². The fourth-order valence-electron chi connectivity index (χ4n) is 1.24. The third-order valence-electron chi connectivity index (χ3n) is 2.00. The molecule has 0 amide bonds. The smallest absolute Gasteiger partial charge is 0.157 e. The number of phenols is 1. The first-order valence-electron chi connectivity index (χ1n) is 4.11. The number of nitrogens with two attached hydrogens (primary N) is 1. The number of hydrogen-bond acceptors (Lipinski definition) is 4. The summed E-state index contributed by atoms with van der Waals surface area (Å²) in [5, 5.41) is 13.3. The van der Waals surface area contributed by atoms with Gasteiger partial charge in [-0.15, -0.1) is 0 Å². The van der Waals surface area contributed by atoms with E-state index in [1.165, 1.54) is 6.33 Å². The largest absolute Gasteiger partial charge is 0.506 e. The molecule has 0 aliphatic carbocycles. The number of nitrogen functional groups attached to an aromatic ring is 1. The van der Waals surface area contributed by atoms with E-state index in [0.29, 0.717) is 11.5 Å². The zero-order chi connectivity index (χ0) is 10.1. The molecule has 0 aliphatic rings. The fraction of sp³-hybridized carbons (Fsp3) is 0.111. The molecule has 0 spiro atoms. The molecule has 0 saturated carbocycles. The maximum atomic E-state index is 9.41. The first-order valence-corrected chi connectivity index (χ1v) is 4.11. The van der Waals surface area contributed by atoms with Crippen LogP contribution in [0.3, 0.4) is 0 Å². The van der Waals surface area contributed by atoms with Crippen molar-refractivity contribution in [3.63, 3.8) is 0 Å². The van der Waals surface area contributed by atoms with Crippen molar-refractivity contribution in [3.05, 3.63) is 24.5 Å². The van der Waals surface area contributed by atoms with Crippen LogP contribution >= 0.6 is 0 Å². The van der Waals surface area contributed by atoms with Gasteiger partial charge in [0, 0.05) is 12.6 Å². The Morgan fingerprint density at radius 2 is 2.21 bits per heavy atom. The van der Waals surface area contributed by atoms with Gasteiger partial charge >= 0.3 is 0 Å². The molecule has 14 heavy (non-hydrogen) atoms. The van der Waals surface area contributed by atoms with Crippen LogP contribution in [-0.2, 0) is 7.05 Å². The summed E-state index contributed by atoms with van der Waals surface area (Å²) in [4.78, 5) is 4.06. The van der Waals surface area contributed by atoms with E-state index in [1.807, 2.05) is 0 Å². The molecule has 1 heterocycles. The van der Waals surface area contributed by atoms with Gasteiger partial charge in [0.15, 0.2) is 5.82 Å². The number of anilines is 1. The molecular weight excluding hydrogens is 180 g/mol. The highest BCUT2D eigenvalue weighted by atomic mass is 16.3. The minimum absolute atomic E-state index is 0.0606. The predicted molar refractivity (Wildman–Crippen MR) is 52.5 cm³/mol. The topological polar surface area (TPSA) is 77.0 Å². The molecule has 1 aromatic heterocycles. The molecule has 5 heteroatoms. The van der Waals surface area contributed by atoms with Crippen molar-refractivity contribution in [2.45, 2.75) is 0 Å². The zero-order valence-electron chi connectivity index (χ0n) is 7.68. The lowest BCUT2D eigenvalue weighted by Gasteiger charge is -2.02. The van der Waals surface area contributed by atoms with Crippen LogP contribution in [-0.4, -0.2) is 19.9 Å². The normalized spacial score (nSPS) is 10.4. The second-order valence-electron chi connectivity index (χ2n) is 2.98. The summed E-state index contributed by atoms with van der Waals surface area (Å²) in [7, 11) is 1.79. The molecule has 0 fully saturated rings. The number of rotatable bonds is 1. The van der Waals surface area contributed by atoms with Gasteiger partial charge in [0.05, 0.1) is 5.69 Å². The van der Waals surface area contributed by atoms with E-state index in [-0.39, 0.29) is 5.75 Å². The van der Waals surface area contributed by atoms with Gasteiger partial charge < -0.3 is 10.8 Å². The van der Waals surface area contributed by atoms with Crippen molar-refractivity contribution in [3.8, 4) is 17.1 Å². The molecule has 2 aromatic rings. The van der Waals surface area contributed by atoms with E-state index in [0.717, 1.165) is 5.56 Å². The Hall–Kier alpha value is -2.04. The molecule has 1 aromatic carbocycles. The fourth-order valence-corrected chi connectivity index (χ4v) is 1.24. The standard InChI is InChI=1S/C9H10N4O/c1-13-9(11-5-12-13)6-2-3-7(10)8(14)4-6/h2-5,14H,10H2,1H3. The highest BCUT2D eigenvalue weighted by Gasteiger charge is 2.06. The van der Waals surface area contributed by atoms with Crippen molar-refractivity contribution < 1.29 is 5.11 Å². The van der Waals surface area contributed by atoms with E-state index in [4.69, 9.17) is 5.73 Å². The Labute approximate surface area is 80.8 Å². The Bertz CT molecular complexity index is 464. The number of aromatic hydroxyl groups is 1. The summed E-state index contributed by atoms with van der Waals surface area (Å²) >= 11 is 0. The van der Waals surface area contributed by atoms with Crippen LogP contribution in [0.15, 0.2) is 24.5 Å². The average Bonchev–Trinajstić information content (AvgIpc) is 2.57. The molecule has 0 aliphatic heterocycles. The van der Waals surface area contributed by atoms with Crippen molar-refractivity contribution in [2.24, 2.45) is 7.05 Å². The Kier molecular flexibility index (Phi) is 1.85. The summed E-state index contributed by atoms with van der Waals surface area (Å²) in [6.45, 7) is 0. The van der Waals surface area contributed by atoms with E-state index >= 15 is 0 Å². The molecule has 0 radical (unpaired) electrons. The van der Waals surface area contributed by atoms with Crippen LogP contribution in [0.2, 0.25) is 0 Å². The zero-order valence-corrected chi connectivity index (χ0v) is 7.68. The maximum Gasteiger partial charge on any atom is 0.157 e. The number of nitrogens with zero attached hydrogens (tertiary/aromatic N) is 3. The van der Waals surface area contributed by atoms with Gasteiger partial charge in [-0.2, -0.15) is 5.10 Å². The monoisotopic (exact) mass is 190 g/mol. The lowest BCUT2D eigenvalue weighted by atomic mass is 10.2. The molecule has 0 atom stereocenters. The van der Waals surface area contributed by atoms with Crippen LogP contribution in [0.5, 0.6) is 5.75 Å². The van der Waals surface area contributed by atoms with Crippen LogP contribution in [0.25, 0.3) is 11.4 Å². The van der Waals surface area contributed by atoms with Crippen molar-refractivity contribution in [1.82, 2.24) is 14.8 Å². The van der Waals surface area contributed by atoms with Gasteiger partial charge in [-0.25, -0.2) is 9.67 Å². The van der Waals surface area contributed by atoms with Gasteiger partial charge in [0.1, 0.15) is 12.1 Å². The van der Waals surface area contributed by atoms with Crippen molar-refractivity contribution >= 4 is 5.69 Å². The van der Waals surface area contributed by atoms with Crippen LogP contribution in [0.4, 0.5) is 5.69 Å². The number of aromatic nitrogens is 3. The number of aryl methyl sites for hydroxylation is 1. The maximum absolute atomic E-state index is 9.41. The van der Waals surface area contributed by atoms with Gasteiger partial charge in [-0.05, 0) is 18.2 Å². The summed E-state index contributed by atoms with van der Waals surface area (Å²) in [6.07, 6.45) is 1.46. The van der Waals surface area contributed by atoms with Crippen LogP contribution in [0.1, 0.15) is 0 Å². The number of hydrogen-bond donors (Lipinski definition) is 2. The molecule has 3 N–H and O–H groups in total. The summed E-state index contributed by atoms with van der Waals surface area (Å²) in [6, 6.07) is 5.00. The van der Waals surface area contributed by atoms with E-state index in [1.54, 1.807) is 29.9 Å². The quantitative estimate of drug-likeness (QED) is 0.514. The highest BCUT2D eigenvalue weighted by molar-refractivity contribution is 5.64. The van der Waals surface area contributed by atoms with Gasteiger partial charge in [0.2, 0.25) is 0 Å². The van der Waals surface area contributed by atoms with E-state index < -0.39 is 0 Å². The van der Waals surface area contributed by atoms with E-state index in [2.05, 4.69) is 10.1 Å². The third kappa shape index (κ3) is 1.28. The van der Waals surface area contributed by atoms with Gasteiger partial charge in [-0.3, -0.25) is 0 Å². The lowest BCUT2D eigenvalue weighted by Crippen LogP contribution is -1.95. The van der Waals surface area contributed by atoms with Crippen LogP contribution < -0.4 is 5.73 Å². The molecule has 0 saturated heterocycles. The minimum Gasteiger partial charge on any atom is -0.506 e. The van der Waals surface area contributed by atoms with Crippen molar-refractivity contribution in [2.75, 3.05) is 5.73 Å². The molecular formula is C9H10N4O. The lowest BCUT2D eigenvalue weighted by molar-refractivity contribution is 0.478. The third-order valence-corrected chi connectivity index (χ3v) is 2.00. The molecule has 0 bridgehead atoms. The number of benzene rings is 1. The molecule has 5 nitrogen and oxygen atoms in total. The second-order valence-corrected chi connectivity index (χ2v) is 2.98. The molecule has 2 rings (SSSR count). The summed E-state index contributed by atoms with van der Waals surface area (Å²) < 4.78 is 1.63. The average molecular weight is 190 g/mol. The van der Waals surface area contributed by atoms with E-state index in [9.17, 15) is 5.11 Å². The molecule has 72 valence electrons. The highest BCUT2D eigenvalue weighted by Crippen LogP contribution is 2.25. The first kappa shape index (κ1) is 8.55. The summed E-state index contributed by atoms with van der Waals surface area (Å²) in [5.41, 5.74) is 6.63. The Morgan fingerprint density at radius 3 is 2.79 bits per heavy atom. The second kappa shape index (κ2) is 3.02. The SMILES string of the molecule is Cn1ncnc1-c1ccc(N)c(O)c1. The summed E-state index contributed by atoms with van der Waals surface area (Å²) in [5.74, 6) is 0.755. The Morgan fingerprint density at radius 1 is 1.43 bits per heavy atom. The predicted octanol–water partition coefficient (Wildman–Crippen LogP) is 0.770. The van der Waals surface area contributed by atoms with Gasteiger partial charge in [0.25, 0.3) is 0 Å². The Balaban J connectivity index is 2.53. The molecule has 0 unspecified atom stereocenters.